The lowest BCUT2D eigenvalue weighted by atomic mass is 10.0. The maximum Gasteiger partial charge on any atom is 0.0321 e. The Bertz CT molecular complexity index is 374. The molecule has 0 unspecified atom stereocenters. The highest BCUT2D eigenvalue weighted by molar-refractivity contribution is 5.49. The first-order valence-electron chi connectivity index (χ1n) is 4.22. The molecular formula is C13H12. The van der Waals surface area contributed by atoms with Crippen molar-refractivity contribution in [3.8, 4) is 0 Å². The average Bonchev–Trinajstić information content (AvgIpc) is 2.19. The summed E-state index contributed by atoms with van der Waals surface area (Å²) in [5.74, 6) is 0. The summed E-state index contributed by atoms with van der Waals surface area (Å²) in [4.78, 5) is 0. The maximum absolute atomic E-state index is 3.67. The standard InChI is InChI=1S/C13H12/c1-3-8-12(9-4-2)13-10-6-5-7-11-13/h3-6,8-10H,1H2,2H3/b9-4-,12-8+. The van der Waals surface area contributed by atoms with Crippen molar-refractivity contribution in [2.45, 2.75) is 6.92 Å². The molecule has 0 fully saturated rings. The van der Waals surface area contributed by atoms with Crippen LogP contribution in [-0.4, -0.2) is 0 Å². The summed E-state index contributed by atoms with van der Waals surface area (Å²) in [7, 11) is 0. The Kier molecular flexibility index (Phi) is 3.60. The van der Waals surface area contributed by atoms with E-state index >= 15 is 0 Å². The Hall–Kier alpha value is -1.74. The van der Waals surface area contributed by atoms with Gasteiger partial charge >= 0.3 is 0 Å². The van der Waals surface area contributed by atoms with Crippen LogP contribution in [0.1, 0.15) is 6.92 Å². The fourth-order valence-corrected chi connectivity index (χ4v) is 1.06. The van der Waals surface area contributed by atoms with Crippen LogP contribution in [0.2, 0.25) is 0 Å². The van der Waals surface area contributed by atoms with Gasteiger partial charge in [-0.2, -0.15) is 0 Å². The predicted octanol–water partition coefficient (Wildman–Crippen LogP) is 3.48. The van der Waals surface area contributed by atoms with Gasteiger partial charge in [-0.15, -0.1) is 0 Å². The summed E-state index contributed by atoms with van der Waals surface area (Å²) in [5.41, 5.74) is 8.12. The molecule has 0 heteroatoms. The zero-order valence-electron chi connectivity index (χ0n) is 7.75. The molecule has 0 saturated carbocycles. The van der Waals surface area contributed by atoms with Crippen LogP contribution in [0.4, 0.5) is 0 Å². The first-order chi connectivity index (χ1) is 6.38. The minimum absolute atomic E-state index is 1.04. The lowest BCUT2D eigenvalue weighted by molar-refractivity contribution is 1.52. The van der Waals surface area contributed by atoms with Crippen LogP contribution < -0.4 is 0 Å². The molecule has 1 aliphatic rings. The summed E-state index contributed by atoms with van der Waals surface area (Å²) in [6.45, 7) is 5.66. The third kappa shape index (κ3) is 2.65. The Morgan fingerprint density at radius 3 is 2.92 bits per heavy atom. The molecule has 1 aliphatic carbocycles. The molecule has 0 bridgehead atoms. The molecule has 1 rings (SSSR count). The molecule has 0 aliphatic heterocycles. The van der Waals surface area contributed by atoms with Gasteiger partial charge in [0, 0.05) is 5.57 Å². The molecule has 13 heavy (non-hydrogen) atoms. The van der Waals surface area contributed by atoms with E-state index in [1.807, 2.05) is 43.4 Å². The second kappa shape index (κ2) is 5.00. The zero-order valence-corrected chi connectivity index (χ0v) is 7.75. The largest absolute Gasteiger partial charge is 0.0990 e. The Labute approximate surface area is 79.3 Å². The van der Waals surface area contributed by atoms with Crippen molar-refractivity contribution in [1.82, 2.24) is 0 Å². The summed E-state index contributed by atoms with van der Waals surface area (Å²) in [5, 5.41) is 0. The van der Waals surface area contributed by atoms with Gasteiger partial charge in [0.1, 0.15) is 0 Å². The van der Waals surface area contributed by atoms with Crippen molar-refractivity contribution >= 4 is 0 Å². The molecule has 64 valence electrons. The molecule has 0 atom stereocenters. The van der Waals surface area contributed by atoms with Gasteiger partial charge in [-0.05, 0) is 24.6 Å². The van der Waals surface area contributed by atoms with Crippen LogP contribution in [0.15, 0.2) is 71.7 Å². The van der Waals surface area contributed by atoms with Crippen molar-refractivity contribution in [2.24, 2.45) is 0 Å². The third-order valence-corrected chi connectivity index (χ3v) is 1.60. The van der Waals surface area contributed by atoms with E-state index < -0.39 is 0 Å². The van der Waals surface area contributed by atoms with Crippen LogP contribution >= 0.6 is 0 Å². The Balaban J connectivity index is 3.09. The van der Waals surface area contributed by atoms with Crippen LogP contribution in [0.3, 0.4) is 0 Å². The summed E-state index contributed by atoms with van der Waals surface area (Å²) < 4.78 is 0. The van der Waals surface area contributed by atoms with Crippen LogP contribution in [0.5, 0.6) is 0 Å². The first kappa shape index (κ1) is 9.35. The molecule has 0 aromatic rings. The van der Waals surface area contributed by atoms with Crippen molar-refractivity contribution in [3.05, 3.63) is 71.7 Å². The number of rotatable bonds is 3. The van der Waals surface area contributed by atoms with E-state index in [4.69, 9.17) is 0 Å². The molecule has 0 heterocycles. The maximum atomic E-state index is 3.67. The highest BCUT2D eigenvalue weighted by Gasteiger charge is 1.96. The van der Waals surface area contributed by atoms with Crippen molar-refractivity contribution < 1.29 is 0 Å². The van der Waals surface area contributed by atoms with E-state index in [2.05, 4.69) is 18.0 Å². The lowest BCUT2D eigenvalue weighted by Crippen LogP contribution is -1.81. The zero-order chi connectivity index (χ0) is 9.52. The Morgan fingerprint density at radius 1 is 1.54 bits per heavy atom. The SMILES string of the molecule is C=C/C=C(\C=C/C)C1=C=C=CC=C1. The minimum atomic E-state index is 1.04. The minimum Gasteiger partial charge on any atom is -0.0990 e. The number of hydrogen-bond donors (Lipinski definition) is 0. The summed E-state index contributed by atoms with van der Waals surface area (Å²) >= 11 is 0. The molecule has 0 aromatic heterocycles. The van der Waals surface area contributed by atoms with E-state index in [1.165, 1.54) is 0 Å². The molecule has 0 nitrogen and oxygen atoms in total. The van der Waals surface area contributed by atoms with Gasteiger partial charge in [0.2, 0.25) is 0 Å². The molecule has 0 spiro atoms. The van der Waals surface area contributed by atoms with Gasteiger partial charge in [-0.1, -0.05) is 48.4 Å². The van der Waals surface area contributed by atoms with Gasteiger partial charge in [0.15, 0.2) is 0 Å². The topological polar surface area (TPSA) is 0 Å². The fraction of sp³-hybridized carbons (Fsp3) is 0.0769. The van der Waals surface area contributed by atoms with Gasteiger partial charge in [-0.25, -0.2) is 0 Å². The van der Waals surface area contributed by atoms with E-state index in [1.54, 1.807) is 6.08 Å². The van der Waals surface area contributed by atoms with E-state index in [9.17, 15) is 0 Å². The van der Waals surface area contributed by atoms with E-state index in [0.717, 1.165) is 11.1 Å². The van der Waals surface area contributed by atoms with E-state index in [0.29, 0.717) is 0 Å². The lowest BCUT2D eigenvalue weighted by Gasteiger charge is -1.99. The first-order valence-corrected chi connectivity index (χ1v) is 4.22. The van der Waals surface area contributed by atoms with Crippen molar-refractivity contribution in [3.63, 3.8) is 0 Å². The van der Waals surface area contributed by atoms with Gasteiger partial charge in [-0.3, -0.25) is 0 Å². The monoisotopic (exact) mass is 168 g/mol. The number of hydrogen-bond acceptors (Lipinski definition) is 0. The fourth-order valence-electron chi connectivity index (χ4n) is 1.06. The highest BCUT2D eigenvalue weighted by Crippen LogP contribution is 2.13. The van der Waals surface area contributed by atoms with Crippen LogP contribution in [0.25, 0.3) is 0 Å². The quantitative estimate of drug-likeness (QED) is 0.447. The van der Waals surface area contributed by atoms with E-state index in [-0.39, 0.29) is 0 Å². The second-order valence-corrected chi connectivity index (χ2v) is 2.57. The van der Waals surface area contributed by atoms with Crippen molar-refractivity contribution in [1.29, 1.82) is 0 Å². The molecule has 0 radical (unpaired) electrons. The molecule has 0 amide bonds. The molecule has 0 N–H and O–H groups in total. The molecule has 0 saturated heterocycles. The third-order valence-electron chi connectivity index (χ3n) is 1.60. The summed E-state index contributed by atoms with van der Waals surface area (Å²) in [6, 6.07) is 0. The Morgan fingerprint density at radius 2 is 2.38 bits per heavy atom. The van der Waals surface area contributed by atoms with Crippen LogP contribution in [0, 0.1) is 0 Å². The highest BCUT2D eigenvalue weighted by atomic mass is 14.0. The van der Waals surface area contributed by atoms with Crippen molar-refractivity contribution in [2.75, 3.05) is 0 Å². The predicted molar refractivity (Wildman–Crippen MR) is 57.3 cm³/mol. The molecule has 0 aromatic carbocycles. The second-order valence-electron chi connectivity index (χ2n) is 2.57. The molecular weight excluding hydrogens is 156 g/mol. The average molecular weight is 168 g/mol. The normalized spacial score (nSPS) is 15.2. The van der Waals surface area contributed by atoms with Gasteiger partial charge in [0.05, 0.1) is 0 Å². The van der Waals surface area contributed by atoms with Gasteiger partial charge < -0.3 is 0 Å². The smallest absolute Gasteiger partial charge is 0.0321 e. The summed E-state index contributed by atoms with van der Waals surface area (Å²) in [6.07, 6.45) is 13.6. The van der Waals surface area contributed by atoms with Crippen LogP contribution in [-0.2, 0) is 0 Å². The van der Waals surface area contributed by atoms with Gasteiger partial charge in [0.25, 0.3) is 0 Å². The number of allylic oxidation sites excluding steroid dienone is 9.